The van der Waals surface area contributed by atoms with Crippen molar-refractivity contribution in [2.45, 2.75) is 0 Å². The lowest BCUT2D eigenvalue weighted by molar-refractivity contribution is -0.354. The molecule has 0 saturated carbocycles. The van der Waals surface area contributed by atoms with E-state index in [1.807, 2.05) is 48.5 Å². The molecule has 19 heavy (non-hydrogen) atoms. The molecule has 0 N–H and O–H groups in total. The van der Waals surface area contributed by atoms with Gasteiger partial charge in [0.15, 0.2) is 6.21 Å². The highest BCUT2D eigenvalue weighted by Gasteiger charge is 1.96. The second kappa shape index (κ2) is 6.40. The molecule has 3 nitrogen and oxygen atoms in total. The number of nitrogens with zero attached hydrogens (tertiary/aromatic N) is 1. The number of ether oxygens (including phenoxy) is 1. The monoisotopic (exact) mass is 253 g/mol. The van der Waals surface area contributed by atoms with Gasteiger partial charge in [0.05, 0.1) is 7.11 Å². The summed E-state index contributed by atoms with van der Waals surface area (Å²) in [5.74, 6) is 0.816. The highest BCUT2D eigenvalue weighted by atomic mass is 16.5. The Bertz CT molecular complexity index is 571. The van der Waals surface area contributed by atoms with Crippen molar-refractivity contribution < 1.29 is 9.48 Å². The number of methoxy groups -OCH3 is 1. The molecule has 0 heterocycles. The number of rotatable bonds is 4. The molecule has 0 aliphatic rings. The zero-order chi connectivity index (χ0) is 13.5. The predicted molar refractivity (Wildman–Crippen MR) is 77.8 cm³/mol. The molecule has 2 aromatic carbocycles. The Balaban J connectivity index is 2.06. The molecule has 0 amide bonds. The van der Waals surface area contributed by atoms with Crippen LogP contribution in [-0.2, 0) is 0 Å². The highest BCUT2D eigenvalue weighted by molar-refractivity contribution is 5.75. The average molecular weight is 253 g/mol. The van der Waals surface area contributed by atoms with E-state index in [0.717, 1.165) is 16.1 Å². The first-order valence-corrected chi connectivity index (χ1v) is 5.96. The van der Waals surface area contributed by atoms with E-state index in [9.17, 15) is 5.21 Å². The summed E-state index contributed by atoms with van der Waals surface area (Å²) in [4.78, 5) is 0. The number of para-hydroxylation sites is 1. The Morgan fingerprint density at radius 1 is 1.00 bits per heavy atom. The summed E-state index contributed by atoms with van der Waals surface area (Å²) in [5, 5.41) is 11.7. The highest BCUT2D eigenvalue weighted by Crippen LogP contribution is 2.12. The van der Waals surface area contributed by atoms with Crippen LogP contribution in [-0.4, -0.2) is 18.1 Å². The van der Waals surface area contributed by atoms with Gasteiger partial charge < -0.3 is 9.94 Å². The summed E-state index contributed by atoms with van der Waals surface area (Å²) >= 11 is 0. The minimum Gasteiger partial charge on any atom is -0.618 e. The molecule has 2 aromatic rings. The van der Waals surface area contributed by atoms with E-state index < -0.39 is 0 Å². The molecule has 0 bridgehead atoms. The molecule has 0 aliphatic carbocycles. The van der Waals surface area contributed by atoms with Crippen LogP contribution in [0.25, 0.3) is 6.08 Å². The van der Waals surface area contributed by atoms with Crippen molar-refractivity contribution in [2.75, 3.05) is 7.11 Å². The van der Waals surface area contributed by atoms with Crippen LogP contribution in [0.2, 0.25) is 0 Å². The van der Waals surface area contributed by atoms with E-state index in [2.05, 4.69) is 0 Å². The first-order chi connectivity index (χ1) is 9.29. The number of hydrogen-bond donors (Lipinski definition) is 0. The largest absolute Gasteiger partial charge is 0.618 e. The SMILES string of the molecule is COc1ccc(/C=C/C=[N+](\[O-])c2ccccc2)cc1. The van der Waals surface area contributed by atoms with Gasteiger partial charge in [-0.15, -0.1) is 0 Å². The van der Waals surface area contributed by atoms with Crippen molar-refractivity contribution in [1.29, 1.82) is 0 Å². The van der Waals surface area contributed by atoms with Gasteiger partial charge in [0.2, 0.25) is 5.69 Å². The molecular weight excluding hydrogens is 238 g/mol. The second-order valence-corrected chi connectivity index (χ2v) is 3.94. The molecular formula is C16H15NO2. The van der Waals surface area contributed by atoms with Crippen molar-refractivity contribution in [3.63, 3.8) is 0 Å². The Kier molecular flexibility index (Phi) is 4.34. The number of benzene rings is 2. The molecule has 0 atom stereocenters. The molecule has 0 radical (unpaired) electrons. The van der Waals surface area contributed by atoms with Gasteiger partial charge in [0, 0.05) is 18.2 Å². The molecule has 0 saturated heterocycles. The fourth-order valence-corrected chi connectivity index (χ4v) is 1.61. The Labute approximate surface area is 112 Å². The van der Waals surface area contributed by atoms with E-state index in [-0.39, 0.29) is 0 Å². The smallest absolute Gasteiger partial charge is 0.216 e. The standard InChI is InChI=1S/C16H15NO2/c1-19-16-11-9-14(10-12-16)6-5-13-17(18)15-7-3-2-4-8-15/h2-13H,1H3/b6-5+,17-13-. The van der Waals surface area contributed by atoms with Crippen LogP contribution in [0.1, 0.15) is 5.56 Å². The van der Waals surface area contributed by atoms with Crippen LogP contribution >= 0.6 is 0 Å². The summed E-state index contributed by atoms with van der Waals surface area (Å²) in [7, 11) is 1.63. The lowest BCUT2D eigenvalue weighted by atomic mass is 10.2. The Morgan fingerprint density at radius 3 is 2.32 bits per heavy atom. The van der Waals surface area contributed by atoms with Crippen molar-refractivity contribution in [3.05, 3.63) is 71.4 Å². The maximum atomic E-state index is 11.7. The molecule has 3 heteroatoms. The maximum Gasteiger partial charge on any atom is 0.216 e. The van der Waals surface area contributed by atoms with Gasteiger partial charge in [-0.2, -0.15) is 4.74 Å². The first kappa shape index (κ1) is 12.9. The fourth-order valence-electron chi connectivity index (χ4n) is 1.61. The summed E-state index contributed by atoms with van der Waals surface area (Å²) in [6.07, 6.45) is 5.08. The molecule has 0 aromatic heterocycles. The summed E-state index contributed by atoms with van der Waals surface area (Å²) in [5.41, 5.74) is 1.63. The van der Waals surface area contributed by atoms with Gasteiger partial charge in [-0.25, -0.2) is 0 Å². The maximum absolute atomic E-state index is 11.7. The van der Waals surface area contributed by atoms with Crippen molar-refractivity contribution in [1.82, 2.24) is 0 Å². The van der Waals surface area contributed by atoms with Crippen molar-refractivity contribution >= 4 is 18.0 Å². The topological polar surface area (TPSA) is 35.3 Å². The minimum absolute atomic E-state index is 0.613. The number of hydrogen-bond acceptors (Lipinski definition) is 2. The van der Waals surface area contributed by atoms with Gasteiger partial charge in [-0.1, -0.05) is 30.3 Å². The van der Waals surface area contributed by atoms with Crippen LogP contribution < -0.4 is 4.74 Å². The summed E-state index contributed by atoms with van der Waals surface area (Å²) in [6, 6.07) is 16.7. The zero-order valence-electron chi connectivity index (χ0n) is 10.7. The first-order valence-electron chi connectivity index (χ1n) is 5.96. The second-order valence-electron chi connectivity index (χ2n) is 3.94. The van der Waals surface area contributed by atoms with Gasteiger partial charge in [0.25, 0.3) is 0 Å². The van der Waals surface area contributed by atoms with E-state index in [1.54, 1.807) is 25.3 Å². The van der Waals surface area contributed by atoms with Gasteiger partial charge in [-0.05, 0) is 23.8 Å². The predicted octanol–water partition coefficient (Wildman–Crippen LogP) is 3.62. The third-order valence-corrected chi connectivity index (χ3v) is 2.64. The van der Waals surface area contributed by atoms with E-state index in [1.165, 1.54) is 6.21 Å². The van der Waals surface area contributed by atoms with E-state index in [0.29, 0.717) is 5.69 Å². The number of allylic oxidation sites excluding steroid dienone is 1. The van der Waals surface area contributed by atoms with E-state index in [4.69, 9.17) is 4.74 Å². The van der Waals surface area contributed by atoms with Crippen molar-refractivity contribution in [3.8, 4) is 5.75 Å². The van der Waals surface area contributed by atoms with E-state index >= 15 is 0 Å². The average Bonchev–Trinajstić information content (AvgIpc) is 2.49. The third kappa shape index (κ3) is 3.71. The van der Waals surface area contributed by atoms with Crippen LogP contribution in [0.5, 0.6) is 5.75 Å². The lowest BCUT2D eigenvalue weighted by Gasteiger charge is -2.00. The van der Waals surface area contributed by atoms with Crippen LogP contribution in [0, 0.1) is 5.21 Å². The minimum atomic E-state index is 0.613. The molecule has 0 aliphatic heterocycles. The molecule has 0 fully saturated rings. The Hall–Kier alpha value is -2.55. The summed E-state index contributed by atoms with van der Waals surface area (Å²) in [6.45, 7) is 0. The van der Waals surface area contributed by atoms with Crippen LogP contribution in [0.3, 0.4) is 0 Å². The molecule has 0 unspecified atom stereocenters. The van der Waals surface area contributed by atoms with Crippen LogP contribution in [0.4, 0.5) is 5.69 Å². The van der Waals surface area contributed by atoms with Gasteiger partial charge >= 0.3 is 0 Å². The van der Waals surface area contributed by atoms with Crippen molar-refractivity contribution in [2.24, 2.45) is 0 Å². The lowest BCUT2D eigenvalue weighted by Crippen LogP contribution is -1.94. The Morgan fingerprint density at radius 2 is 1.68 bits per heavy atom. The molecule has 0 spiro atoms. The van der Waals surface area contributed by atoms with Gasteiger partial charge in [0.1, 0.15) is 5.75 Å². The summed E-state index contributed by atoms with van der Waals surface area (Å²) < 4.78 is 5.91. The molecule has 96 valence electrons. The molecule has 2 rings (SSSR count). The third-order valence-electron chi connectivity index (χ3n) is 2.64. The quantitative estimate of drug-likeness (QED) is 0.361. The van der Waals surface area contributed by atoms with Crippen LogP contribution in [0.15, 0.2) is 60.7 Å². The zero-order valence-corrected chi connectivity index (χ0v) is 10.7. The van der Waals surface area contributed by atoms with Gasteiger partial charge in [-0.3, -0.25) is 0 Å². The fraction of sp³-hybridized carbons (Fsp3) is 0.0625. The normalized spacial score (nSPS) is 11.7.